The molecule has 0 unspecified atom stereocenters. The molecule has 1 heterocycles. The highest BCUT2D eigenvalue weighted by molar-refractivity contribution is 5.45. The lowest BCUT2D eigenvalue weighted by molar-refractivity contribution is -0.386. The van der Waals surface area contributed by atoms with E-state index in [0.29, 0.717) is 5.75 Å². The van der Waals surface area contributed by atoms with E-state index in [-0.39, 0.29) is 17.5 Å². The summed E-state index contributed by atoms with van der Waals surface area (Å²) in [5.41, 5.74) is 7.06. The van der Waals surface area contributed by atoms with Gasteiger partial charge in [0.25, 0.3) is 0 Å². The number of ether oxygens (including phenoxy) is 1. The predicted octanol–water partition coefficient (Wildman–Crippen LogP) is 2.38. The first-order valence-corrected chi connectivity index (χ1v) is 5.49. The maximum Gasteiger partial charge on any atom is 0.349 e. The number of nitrogens with zero attached hydrogens (tertiary/aromatic N) is 3. The fourth-order valence-electron chi connectivity index (χ4n) is 1.68. The second-order valence-electron chi connectivity index (χ2n) is 4.10. The van der Waals surface area contributed by atoms with Crippen LogP contribution in [0.4, 0.5) is 11.6 Å². The summed E-state index contributed by atoms with van der Waals surface area (Å²) in [5.74, 6) is 0.228. The number of anilines is 1. The molecule has 0 bridgehead atoms. The van der Waals surface area contributed by atoms with Gasteiger partial charge in [-0.05, 0) is 37.1 Å². The molecule has 7 nitrogen and oxygen atoms in total. The van der Waals surface area contributed by atoms with Gasteiger partial charge in [-0.3, -0.25) is 10.1 Å². The Morgan fingerprint density at radius 3 is 2.47 bits per heavy atom. The minimum Gasteiger partial charge on any atom is -0.434 e. The molecule has 0 spiro atoms. The Labute approximate surface area is 109 Å². The summed E-state index contributed by atoms with van der Waals surface area (Å²) in [5, 5.41) is 10.9. The minimum atomic E-state index is -0.614. The van der Waals surface area contributed by atoms with E-state index in [4.69, 9.17) is 10.5 Å². The van der Waals surface area contributed by atoms with Gasteiger partial charge >= 0.3 is 11.6 Å². The maximum absolute atomic E-state index is 10.9. The summed E-state index contributed by atoms with van der Waals surface area (Å²) in [7, 11) is 0. The standard InChI is InChI=1S/C12H12N4O3/c1-7-3-8(2)5-9(4-7)19-11-10(16(17)18)6-14-12(13)15-11/h3-6H,1-2H3,(H2,13,14,15). The maximum atomic E-state index is 10.9. The molecule has 2 N–H and O–H groups in total. The van der Waals surface area contributed by atoms with Crippen LogP contribution in [-0.4, -0.2) is 14.9 Å². The van der Waals surface area contributed by atoms with Gasteiger partial charge in [0, 0.05) is 0 Å². The van der Waals surface area contributed by atoms with E-state index in [1.54, 1.807) is 12.1 Å². The van der Waals surface area contributed by atoms with E-state index in [2.05, 4.69) is 9.97 Å². The van der Waals surface area contributed by atoms with Crippen molar-refractivity contribution in [3.8, 4) is 11.6 Å². The van der Waals surface area contributed by atoms with Gasteiger partial charge in [0.2, 0.25) is 5.95 Å². The van der Waals surface area contributed by atoms with Crippen LogP contribution in [0.25, 0.3) is 0 Å². The van der Waals surface area contributed by atoms with Crippen LogP contribution in [0.5, 0.6) is 11.6 Å². The molecule has 0 saturated carbocycles. The Morgan fingerprint density at radius 1 is 1.26 bits per heavy atom. The predicted molar refractivity (Wildman–Crippen MR) is 69.1 cm³/mol. The van der Waals surface area contributed by atoms with E-state index in [1.807, 2.05) is 19.9 Å². The molecule has 2 aromatic rings. The summed E-state index contributed by atoms with van der Waals surface area (Å²) >= 11 is 0. The number of hydrogen-bond donors (Lipinski definition) is 1. The molecular weight excluding hydrogens is 248 g/mol. The molecule has 2 rings (SSSR count). The van der Waals surface area contributed by atoms with Crippen LogP contribution in [0, 0.1) is 24.0 Å². The monoisotopic (exact) mass is 260 g/mol. The molecule has 98 valence electrons. The van der Waals surface area contributed by atoms with Crippen molar-refractivity contribution in [1.82, 2.24) is 9.97 Å². The average Bonchev–Trinajstić information content (AvgIpc) is 2.26. The van der Waals surface area contributed by atoms with Crippen LogP contribution in [0.2, 0.25) is 0 Å². The summed E-state index contributed by atoms with van der Waals surface area (Å²) in [6.07, 6.45) is 1.03. The van der Waals surface area contributed by atoms with Crippen LogP contribution in [0.1, 0.15) is 11.1 Å². The zero-order chi connectivity index (χ0) is 14.0. The van der Waals surface area contributed by atoms with E-state index in [0.717, 1.165) is 17.3 Å². The number of aromatic nitrogens is 2. The Morgan fingerprint density at radius 2 is 1.89 bits per heavy atom. The van der Waals surface area contributed by atoms with Crippen molar-refractivity contribution in [1.29, 1.82) is 0 Å². The zero-order valence-electron chi connectivity index (χ0n) is 10.5. The Kier molecular flexibility index (Phi) is 3.28. The van der Waals surface area contributed by atoms with Gasteiger partial charge in [0.1, 0.15) is 11.9 Å². The first kappa shape index (κ1) is 12.7. The molecule has 1 aromatic heterocycles. The lowest BCUT2D eigenvalue weighted by Gasteiger charge is -2.07. The van der Waals surface area contributed by atoms with Crippen molar-refractivity contribution in [2.45, 2.75) is 13.8 Å². The Balaban J connectivity index is 2.42. The lowest BCUT2D eigenvalue weighted by atomic mass is 10.1. The van der Waals surface area contributed by atoms with E-state index in [1.165, 1.54) is 0 Å². The summed E-state index contributed by atoms with van der Waals surface area (Å²) < 4.78 is 5.44. The molecule has 0 atom stereocenters. The fraction of sp³-hybridized carbons (Fsp3) is 0.167. The van der Waals surface area contributed by atoms with E-state index >= 15 is 0 Å². The normalized spacial score (nSPS) is 10.2. The Hall–Kier alpha value is -2.70. The quantitative estimate of drug-likeness (QED) is 0.671. The summed E-state index contributed by atoms with van der Waals surface area (Å²) in [6.45, 7) is 3.81. The van der Waals surface area contributed by atoms with Gasteiger partial charge in [-0.1, -0.05) is 6.07 Å². The number of nitrogens with two attached hydrogens (primary N) is 1. The van der Waals surface area contributed by atoms with E-state index in [9.17, 15) is 10.1 Å². The second kappa shape index (κ2) is 4.89. The van der Waals surface area contributed by atoms with Crippen LogP contribution in [-0.2, 0) is 0 Å². The summed E-state index contributed by atoms with van der Waals surface area (Å²) in [4.78, 5) is 17.6. The van der Waals surface area contributed by atoms with Crippen molar-refractivity contribution in [2.24, 2.45) is 0 Å². The van der Waals surface area contributed by atoms with Gasteiger partial charge < -0.3 is 10.5 Å². The molecular formula is C12H12N4O3. The second-order valence-corrected chi connectivity index (χ2v) is 4.10. The van der Waals surface area contributed by atoms with Crippen LogP contribution in [0.15, 0.2) is 24.4 Å². The highest BCUT2D eigenvalue weighted by Crippen LogP contribution is 2.29. The van der Waals surface area contributed by atoms with Crippen molar-refractivity contribution in [3.63, 3.8) is 0 Å². The zero-order valence-corrected chi connectivity index (χ0v) is 10.5. The molecule has 0 aliphatic carbocycles. The van der Waals surface area contributed by atoms with Gasteiger partial charge in [-0.15, -0.1) is 0 Å². The number of nitrogen functional groups attached to an aromatic ring is 1. The number of rotatable bonds is 3. The largest absolute Gasteiger partial charge is 0.434 e. The smallest absolute Gasteiger partial charge is 0.349 e. The van der Waals surface area contributed by atoms with Crippen LogP contribution < -0.4 is 10.5 Å². The van der Waals surface area contributed by atoms with Gasteiger partial charge in [-0.2, -0.15) is 4.98 Å². The molecule has 0 aliphatic heterocycles. The molecule has 0 radical (unpaired) electrons. The molecule has 19 heavy (non-hydrogen) atoms. The molecule has 0 amide bonds. The van der Waals surface area contributed by atoms with Crippen molar-refractivity contribution >= 4 is 11.6 Å². The van der Waals surface area contributed by atoms with Crippen LogP contribution >= 0.6 is 0 Å². The topological polar surface area (TPSA) is 104 Å². The number of aryl methyl sites for hydroxylation is 2. The fourth-order valence-corrected chi connectivity index (χ4v) is 1.68. The SMILES string of the molecule is Cc1cc(C)cc(Oc2nc(N)ncc2[N+](=O)[O-])c1. The van der Waals surface area contributed by atoms with Gasteiger partial charge in [0.15, 0.2) is 0 Å². The Bertz CT molecular complexity index is 623. The highest BCUT2D eigenvalue weighted by Gasteiger charge is 2.19. The highest BCUT2D eigenvalue weighted by atomic mass is 16.6. The van der Waals surface area contributed by atoms with Crippen molar-refractivity contribution in [3.05, 3.63) is 45.6 Å². The molecule has 1 aromatic carbocycles. The molecule has 7 heteroatoms. The number of benzene rings is 1. The van der Waals surface area contributed by atoms with Crippen LogP contribution in [0.3, 0.4) is 0 Å². The minimum absolute atomic E-state index is 0.0787. The van der Waals surface area contributed by atoms with E-state index < -0.39 is 4.92 Å². The third kappa shape index (κ3) is 2.95. The van der Waals surface area contributed by atoms with Gasteiger partial charge in [-0.25, -0.2) is 4.98 Å². The lowest BCUT2D eigenvalue weighted by Crippen LogP contribution is -2.01. The third-order valence-electron chi connectivity index (χ3n) is 2.36. The first-order valence-electron chi connectivity index (χ1n) is 5.49. The summed E-state index contributed by atoms with van der Waals surface area (Å²) in [6, 6.07) is 5.49. The number of nitro groups is 1. The van der Waals surface area contributed by atoms with Crippen molar-refractivity contribution in [2.75, 3.05) is 5.73 Å². The molecule has 0 fully saturated rings. The van der Waals surface area contributed by atoms with Gasteiger partial charge in [0.05, 0.1) is 4.92 Å². The first-order chi connectivity index (χ1) is 8.95. The average molecular weight is 260 g/mol. The number of hydrogen-bond acceptors (Lipinski definition) is 6. The molecule has 0 saturated heterocycles. The van der Waals surface area contributed by atoms with Crippen molar-refractivity contribution < 1.29 is 9.66 Å². The molecule has 0 aliphatic rings. The third-order valence-corrected chi connectivity index (χ3v) is 2.36.